The number of aliphatic hydroxyl groups excluding tert-OH is 2. The molecule has 0 aromatic carbocycles. The third kappa shape index (κ3) is 17.2. The summed E-state index contributed by atoms with van der Waals surface area (Å²) in [5.74, 6) is -1.04. The molecule has 9 heteroatoms. The lowest BCUT2D eigenvalue weighted by Gasteiger charge is -2.26. The number of carbonyl (C=O) groups is 1. The van der Waals surface area contributed by atoms with Crippen LogP contribution in [0.25, 0.3) is 0 Å². The molecule has 0 amide bonds. The van der Waals surface area contributed by atoms with E-state index in [1.807, 2.05) is 21.1 Å². The van der Waals surface area contributed by atoms with Crippen molar-refractivity contribution in [2.45, 2.75) is 0 Å². The van der Waals surface area contributed by atoms with E-state index >= 15 is 0 Å². The Morgan fingerprint density at radius 2 is 1.84 bits per heavy atom. The van der Waals surface area contributed by atoms with Crippen LogP contribution in [0.2, 0.25) is 0 Å². The second-order valence-electron chi connectivity index (χ2n) is 4.36. The number of quaternary nitrogens is 1. The van der Waals surface area contributed by atoms with Crippen molar-refractivity contribution in [2.75, 3.05) is 47.5 Å². The van der Waals surface area contributed by atoms with Gasteiger partial charge in [0.05, 0.1) is 34.4 Å². The minimum atomic E-state index is -4.53. The molecule has 1 unspecified atom stereocenters. The Morgan fingerprint density at radius 1 is 1.37 bits per heavy atom. The zero-order valence-electron chi connectivity index (χ0n) is 11.4. The fourth-order valence-corrected chi connectivity index (χ4v) is 1.25. The van der Waals surface area contributed by atoms with Crippen molar-refractivity contribution in [1.82, 2.24) is 0 Å². The molecule has 0 aliphatic heterocycles. The van der Waals surface area contributed by atoms with Crippen molar-refractivity contribution in [3.05, 3.63) is 12.7 Å². The van der Waals surface area contributed by atoms with E-state index in [2.05, 4.69) is 15.6 Å². The van der Waals surface area contributed by atoms with Crippen molar-refractivity contribution in [3.63, 3.8) is 0 Å². The second kappa shape index (κ2) is 10.1. The molecule has 0 aromatic rings. The molecular formula is C10H22NO7P. The standard InChI is InChI=1S/C8H16NO5P.C2H6O2/c1-5-8(10)14-15(11,12)13-7-6-9(2,3)4;3-1-2-4/h5H,1,6-7H2,2-4H3;3-4H,1-2H2. The monoisotopic (exact) mass is 299 g/mol. The first-order valence-corrected chi connectivity index (χ1v) is 6.88. The van der Waals surface area contributed by atoms with Gasteiger partial charge in [0, 0.05) is 6.08 Å². The van der Waals surface area contributed by atoms with Crippen LogP contribution in [0, 0.1) is 0 Å². The number of nitrogens with zero attached hydrogens (tertiary/aromatic N) is 1. The van der Waals surface area contributed by atoms with Gasteiger partial charge < -0.3 is 28.6 Å². The zero-order chi connectivity index (χ0) is 15.5. The maximum atomic E-state index is 11.0. The van der Waals surface area contributed by atoms with Crippen LogP contribution in [-0.4, -0.2) is 68.2 Å². The summed E-state index contributed by atoms with van der Waals surface area (Å²) in [4.78, 5) is 21.6. The molecule has 0 radical (unpaired) electrons. The average Bonchev–Trinajstić information content (AvgIpc) is 2.26. The van der Waals surface area contributed by atoms with Gasteiger partial charge in [-0.1, -0.05) is 6.58 Å². The number of likely N-dealkylation sites (N-methyl/N-ethyl adjacent to an activating group) is 1. The Balaban J connectivity index is 0. The SMILES string of the molecule is C=CC(=O)OP(=O)([O-])OCC[N+](C)(C)C.OCCO. The maximum absolute atomic E-state index is 11.0. The molecule has 0 rings (SSSR count). The molecule has 0 bridgehead atoms. The van der Waals surface area contributed by atoms with Crippen LogP contribution in [0.15, 0.2) is 12.7 Å². The van der Waals surface area contributed by atoms with E-state index in [0.29, 0.717) is 11.0 Å². The van der Waals surface area contributed by atoms with Crippen molar-refractivity contribution in [3.8, 4) is 0 Å². The Kier molecular flexibility index (Phi) is 10.9. The van der Waals surface area contributed by atoms with Gasteiger partial charge in [0.15, 0.2) is 0 Å². The summed E-state index contributed by atoms with van der Waals surface area (Å²) in [6.45, 7) is 3.27. The number of aliphatic hydroxyl groups is 2. The number of carbonyl (C=O) groups excluding carboxylic acids is 1. The summed E-state index contributed by atoms with van der Waals surface area (Å²) >= 11 is 0. The molecule has 0 aromatic heterocycles. The average molecular weight is 299 g/mol. The Bertz CT molecular complexity index is 311. The highest BCUT2D eigenvalue weighted by molar-refractivity contribution is 7.46. The van der Waals surface area contributed by atoms with Crippen LogP contribution >= 0.6 is 7.82 Å². The summed E-state index contributed by atoms with van der Waals surface area (Å²) in [5, 5.41) is 15.2. The number of hydrogen-bond acceptors (Lipinski definition) is 7. The van der Waals surface area contributed by atoms with E-state index in [0.717, 1.165) is 6.08 Å². The number of hydrogen-bond donors (Lipinski definition) is 2. The Labute approximate surface area is 113 Å². The van der Waals surface area contributed by atoms with Gasteiger partial charge in [0.25, 0.3) is 0 Å². The molecule has 0 aliphatic rings. The van der Waals surface area contributed by atoms with E-state index in [1.54, 1.807) is 0 Å². The number of rotatable bonds is 7. The van der Waals surface area contributed by atoms with Gasteiger partial charge in [-0.3, -0.25) is 4.57 Å². The molecule has 114 valence electrons. The first kappa shape index (κ1) is 20.6. The number of phosphoric ester groups is 1. The quantitative estimate of drug-likeness (QED) is 0.347. The minimum absolute atomic E-state index is 0.0330. The third-order valence-corrected chi connectivity index (χ3v) is 2.38. The summed E-state index contributed by atoms with van der Waals surface area (Å²) in [6.07, 6.45) is 0.758. The van der Waals surface area contributed by atoms with E-state index in [9.17, 15) is 14.3 Å². The van der Waals surface area contributed by atoms with Gasteiger partial charge in [-0.15, -0.1) is 0 Å². The summed E-state index contributed by atoms with van der Waals surface area (Å²) in [6, 6.07) is 0. The molecule has 19 heavy (non-hydrogen) atoms. The second-order valence-corrected chi connectivity index (χ2v) is 5.69. The molecule has 0 heterocycles. The van der Waals surface area contributed by atoms with Gasteiger partial charge in [0.1, 0.15) is 13.2 Å². The summed E-state index contributed by atoms with van der Waals surface area (Å²) in [5.41, 5.74) is 0. The summed E-state index contributed by atoms with van der Waals surface area (Å²) in [7, 11) is 1.12. The largest absolute Gasteiger partial charge is 0.746 e. The van der Waals surface area contributed by atoms with E-state index in [4.69, 9.17) is 10.2 Å². The van der Waals surface area contributed by atoms with Crippen LogP contribution in [0.3, 0.4) is 0 Å². The van der Waals surface area contributed by atoms with Crippen LogP contribution in [0.5, 0.6) is 0 Å². The van der Waals surface area contributed by atoms with Gasteiger partial charge in [-0.05, 0) is 0 Å². The first-order valence-electron chi connectivity index (χ1n) is 5.41. The molecule has 0 aliphatic carbocycles. The van der Waals surface area contributed by atoms with Gasteiger partial charge >= 0.3 is 13.8 Å². The molecule has 0 saturated carbocycles. The van der Waals surface area contributed by atoms with E-state index in [1.165, 1.54) is 0 Å². The van der Waals surface area contributed by atoms with Gasteiger partial charge in [-0.25, -0.2) is 4.79 Å². The zero-order valence-corrected chi connectivity index (χ0v) is 12.3. The van der Waals surface area contributed by atoms with Crippen molar-refractivity contribution in [2.24, 2.45) is 0 Å². The fourth-order valence-electron chi connectivity index (χ4n) is 0.600. The van der Waals surface area contributed by atoms with Crippen LogP contribution in [0.1, 0.15) is 0 Å². The normalized spacial score (nSPS) is 13.8. The van der Waals surface area contributed by atoms with E-state index < -0.39 is 13.8 Å². The van der Waals surface area contributed by atoms with Crippen LogP contribution < -0.4 is 4.89 Å². The lowest BCUT2D eigenvalue weighted by molar-refractivity contribution is -0.870. The van der Waals surface area contributed by atoms with Crippen LogP contribution in [-0.2, 0) is 18.4 Å². The topological polar surface area (TPSA) is 116 Å². The number of phosphoric acid groups is 1. The maximum Gasteiger partial charge on any atom is 0.335 e. The predicted molar refractivity (Wildman–Crippen MR) is 66.9 cm³/mol. The molecule has 2 N–H and O–H groups in total. The summed E-state index contributed by atoms with van der Waals surface area (Å²) < 4.78 is 20.0. The van der Waals surface area contributed by atoms with Gasteiger partial charge in [0.2, 0.25) is 0 Å². The highest BCUT2D eigenvalue weighted by Gasteiger charge is 2.15. The highest BCUT2D eigenvalue weighted by Crippen LogP contribution is 2.38. The third-order valence-electron chi connectivity index (χ3n) is 1.48. The van der Waals surface area contributed by atoms with Crippen molar-refractivity contribution in [1.29, 1.82) is 0 Å². The fraction of sp³-hybridized carbons (Fsp3) is 0.700. The molecule has 0 fully saturated rings. The van der Waals surface area contributed by atoms with Gasteiger partial charge in [-0.2, -0.15) is 0 Å². The molecule has 0 spiro atoms. The van der Waals surface area contributed by atoms with E-state index in [-0.39, 0.29) is 19.8 Å². The first-order chi connectivity index (χ1) is 8.58. The molecule has 8 nitrogen and oxygen atoms in total. The van der Waals surface area contributed by atoms with Crippen molar-refractivity contribution >= 4 is 13.8 Å². The smallest absolute Gasteiger partial charge is 0.335 e. The molecular weight excluding hydrogens is 277 g/mol. The van der Waals surface area contributed by atoms with Crippen molar-refractivity contribution < 1.29 is 38.0 Å². The highest BCUT2D eigenvalue weighted by atomic mass is 31.2. The molecule has 0 saturated heterocycles. The Hall–Kier alpha value is -0.760. The van der Waals surface area contributed by atoms with Crippen LogP contribution in [0.4, 0.5) is 0 Å². The Morgan fingerprint density at radius 3 is 2.16 bits per heavy atom. The predicted octanol–water partition coefficient (Wildman–Crippen LogP) is -1.12. The minimum Gasteiger partial charge on any atom is -0.746 e. The lowest BCUT2D eigenvalue weighted by atomic mass is 10.5. The lowest BCUT2D eigenvalue weighted by Crippen LogP contribution is -2.37. The molecule has 1 atom stereocenters.